The van der Waals surface area contributed by atoms with E-state index < -0.39 is 5.97 Å². The van der Waals surface area contributed by atoms with Crippen molar-refractivity contribution in [3.05, 3.63) is 12.2 Å². The van der Waals surface area contributed by atoms with Crippen molar-refractivity contribution in [1.29, 1.82) is 0 Å². The molecule has 3 rings (SSSR count). The Kier molecular flexibility index (Phi) is 3.03. The summed E-state index contributed by atoms with van der Waals surface area (Å²) in [5.74, 6) is 0.490. The number of carbonyl (C=O) groups is 1. The Hall–Kier alpha value is -0.790. The number of fused-ring (bicyclic) bond motifs is 2. The summed E-state index contributed by atoms with van der Waals surface area (Å²) >= 11 is 0. The molecular formula is C17H26O2. The average molecular weight is 262 g/mol. The molecule has 106 valence electrons. The monoisotopic (exact) mass is 262 g/mol. The molecule has 2 saturated carbocycles. The minimum Gasteiger partial charge on any atom is -0.481 e. The number of carboxylic acids is 1. The highest BCUT2D eigenvalue weighted by Gasteiger charge is 2.60. The number of hydrogen-bond donors (Lipinski definition) is 1. The van der Waals surface area contributed by atoms with Gasteiger partial charge < -0.3 is 5.11 Å². The van der Waals surface area contributed by atoms with E-state index >= 15 is 0 Å². The Morgan fingerprint density at radius 2 is 1.95 bits per heavy atom. The fourth-order valence-electron chi connectivity index (χ4n) is 5.26. The summed E-state index contributed by atoms with van der Waals surface area (Å²) in [7, 11) is 0. The van der Waals surface area contributed by atoms with Crippen LogP contribution < -0.4 is 0 Å². The Balaban J connectivity index is 1.93. The molecule has 3 aliphatic carbocycles. The van der Waals surface area contributed by atoms with Crippen LogP contribution in [0.1, 0.15) is 58.8 Å². The highest BCUT2D eigenvalue weighted by Crippen LogP contribution is 2.65. The molecule has 0 amide bonds. The summed E-state index contributed by atoms with van der Waals surface area (Å²) in [6.45, 7) is 4.69. The van der Waals surface area contributed by atoms with E-state index in [1.807, 2.05) is 0 Å². The van der Waals surface area contributed by atoms with Gasteiger partial charge in [0.15, 0.2) is 0 Å². The van der Waals surface area contributed by atoms with Crippen LogP contribution in [0, 0.1) is 28.6 Å². The fourth-order valence-corrected chi connectivity index (χ4v) is 5.26. The Labute approximate surface area is 116 Å². The van der Waals surface area contributed by atoms with Gasteiger partial charge in [-0.15, -0.1) is 0 Å². The molecule has 19 heavy (non-hydrogen) atoms. The molecule has 0 radical (unpaired) electrons. The lowest BCUT2D eigenvalue weighted by Crippen LogP contribution is -2.46. The summed E-state index contributed by atoms with van der Waals surface area (Å²) in [4.78, 5) is 11.7. The summed E-state index contributed by atoms with van der Waals surface area (Å²) < 4.78 is 0. The second-order valence-electron chi connectivity index (χ2n) is 7.55. The quantitative estimate of drug-likeness (QED) is 0.772. The number of hydrogen-bond acceptors (Lipinski definition) is 1. The normalized spacial score (nSPS) is 38.8. The zero-order valence-electron chi connectivity index (χ0n) is 12.2. The highest BCUT2D eigenvalue weighted by molar-refractivity contribution is 5.73. The maximum Gasteiger partial charge on any atom is 0.307 e. The van der Waals surface area contributed by atoms with Crippen LogP contribution in [0.4, 0.5) is 0 Å². The summed E-state index contributed by atoms with van der Waals surface area (Å²) in [6, 6.07) is 0. The van der Waals surface area contributed by atoms with Gasteiger partial charge in [-0.05, 0) is 42.9 Å². The second kappa shape index (κ2) is 4.36. The molecular weight excluding hydrogens is 236 g/mol. The molecule has 2 nitrogen and oxygen atoms in total. The summed E-state index contributed by atoms with van der Waals surface area (Å²) in [5, 5.41) is 9.63. The SMILES string of the molecule is CC(C)(C1CCCCC1)C12C=CC(CC1C(=O)O)C2. The van der Waals surface area contributed by atoms with E-state index in [1.165, 1.54) is 32.1 Å². The lowest BCUT2D eigenvalue weighted by molar-refractivity contribution is -0.148. The van der Waals surface area contributed by atoms with E-state index in [0.29, 0.717) is 11.8 Å². The first-order chi connectivity index (χ1) is 8.97. The van der Waals surface area contributed by atoms with Crippen molar-refractivity contribution in [1.82, 2.24) is 0 Å². The number of carboxylic acid groups (broad SMARTS) is 1. The van der Waals surface area contributed by atoms with E-state index in [9.17, 15) is 9.90 Å². The standard InChI is InChI=1S/C17H26O2/c1-16(2,13-6-4-3-5-7-13)17-9-8-12(11-17)10-14(17)15(18)19/h8-9,12-14H,3-7,10-11H2,1-2H3,(H,18,19). The molecule has 3 unspecified atom stereocenters. The third kappa shape index (κ3) is 1.79. The maximum absolute atomic E-state index is 11.7. The molecule has 0 heterocycles. The molecule has 3 atom stereocenters. The summed E-state index contributed by atoms with van der Waals surface area (Å²) in [6.07, 6.45) is 13.1. The minimum atomic E-state index is -0.573. The lowest BCUT2D eigenvalue weighted by atomic mass is 9.53. The zero-order chi connectivity index (χ0) is 13.7. The molecule has 0 spiro atoms. The van der Waals surface area contributed by atoms with E-state index in [-0.39, 0.29) is 16.7 Å². The topological polar surface area (TPSA) is 37.3 Å². The van der Waals surface area contributed by atoms with Gasteiger partial charge >= 0.3 is 5.97 Å². The van der Waals surface area contributed by atoms with Crippen LogP contribution in [0.25, 0.3) is 0 Å². The van der Waals surface area contributed by atoms with E-state index in [4.69, 9.17) is 0 Å². The van der Waals surface area contributed by atoms with Crippen molar-refractivity contribution in [3.63, 3.8) is 0 Å². The second-order valence-corrected chi connectivity index (χ2v) is 7.55. The number of allylic oxidation sites excluding steroid dienone is 2. The predicted molar refractivity (Wildman–Crippen MR) is 75.8 cm³/mol. The molecule has 2 heteroatoms. The van der Waals surface area contributed by atoms with Crippen molar-refractivity contribution < 1.29 is 9.90 Å². The van der Waals surface area contributed by atoms with Crippen LogP contribution in [0.5, 0.6) is 0 Å². The van der Waals surface area contributed by atoms with Crippen LogP contribution in [-0.2, 0) is 4.79 Å². The minimum absolute atomic E-state index is 0.0779. The van der Waals surface area contributed by atoms with Crippen molar-refractivity contribution in [2.24, 2.45) is 28.6 Å². The first-order valence-electron chi connectivity index (χ1n) is 7.89. The summed E-state index contributed by atoms with van der Waals surface area (Å²) in [5.41, 5.74) is 0.0454. The molecule has 3 aliphatic rings. The number of rotatable bonds is 3. The van der Waals surface area contributed by atoms with E-state index in [0.717, 1.165) is 12.8 Å². The molecule has 1 N–H and O–H groups in total. The van der Waals surface area contributed by atoms with E-state index in [2.05, 4.69) is 26.0 Å². The van der Waals surface area contributed by atoms with E-state index in [1.54, 1.807) is 0 Å². The Morgan fingerprint density at radius 1 is 1.26 bits per heavy atom. The van der Waals surface area contributed by atoms with Crippen LogP contribution in [-0.4, -0.2) is 11.1 Å². The molecule has 0 aliphatic heterocycles. The van der Waals surface area contributed by atoms with Gasteiger partial charge in [-0.2, -0.15) is 0 Å². The van der Waals surface area contributed by atoms with Crippen LogP contribution >= 0.6 is 0 Å². The van der Waals surface area contributed by atoms with Crippen molar-refractivity contribution >= 4 is 5.97 Å². The van der Waals surface area contributed by atoms with Crippen LogP contribution in [0.3, 0.4) is 0 Å². The van der Waals surface area contributed by atoms with Gasteiger partial charge in [0.2, 0.25) is 0 Å². The fraction of sp³-hybridized carbons (Fsp3) is 0.824. The van der Waals surface area contributed by atoms with Gasteiger partial charge in [0.1, 0.15) is 0 Å². The molecule has 0 aromatic carbocycles. The van der Waals surface area contributed by atoms with Gasteiger partial charge in [0.25, 0.3) is 0 Å². The molecule has 0 saturated heterocycles. The first kappa shape index (κ1) is 13.2. The van der Waals surface area contributed by atoms with Gasteiger partial charge in [-0.25, -0.2) is 0 Å². The molecule has 0 aromatic heterocycles. The van der Waals surface area contributed by atoms with Crippen molar-refractivity contribution in [3.8, 4) is 0 Å². The van der Waals surface area contributed by atoms with Crippen LogP contribution in [0.15, 0.2) is 12.2 Å². The Bertz CT molecular complexity index is 403. The largest absolute Gasteiger partial charge is 0.481 e. The zero-order valence-corrected chi connectivity index (χ0v) is 12.2. The van der Waals surface area contributed by atoms with Crippen molar-refractivity contribution in [2.45, 2.75) is 58.8 Å². The van der Waals surface area contributed by atoms with Gasteiger partial charge in [-0.1, -0.05) is 45.3 Å². The van der Waals surface area contributed by atoms with Gasteiger partial charge in [0, 0.05) is 5.41 Å². The molecule has 2 bridgehead atoms. The Morgan fingerprint density at radius 3 is 2.53 bits per heavy atom. The average Bonchev–Trinajstić information content (AvgIpc) is 2.99. The van der Waals surface area contributed by atoms with Crippen molar-refractivity contribution in [2.75, 3.05) is 0 Å². The lowest BCUT2D eigenvalue weighted by Gasteiger charge is -2.50. The van der Waals surface area contributed by atoms with Crippen LogP contribution in [0.2, 0.25) is 0 Å². The molecule has 2 fully saturated rings. The smallest absolute Gasteiger partial charge is 0.307 e. The highest BCUT2D eigenvalue weighted by atomic mass is 16.4. The maximum atomic E-state index is 11.7. The molecule has 0 aromatic rings. The third-order valence-electron chi connectivity index (χ3n) is 6.55. The van der Waals surface area contributed by atoms with Gasteiger partial charge in [0.05, 0.1) is 5.92 Å². The number of aliphatic carboxylic acids is 1. The van der Waals surface area contributed by atoms with Gasteiger partial charge in [-0.3, -0.25) is 4.79 Å². The predicted octanol–water partition coefficient (Wildman–Crippen LogP) is 4.26. The first-order valence-corrected chi connectivity index (χ1v) is 7.89. The third-order valence-corrected chi connectivity index (χ3v) is 6.55.